The maximum absolute atomic E-state index is 12.5. The van der Waals surface area contributed by atoms with Crippen LogP contribution in [0.1, 0.15) is 12.5 Å². The minimum atomic E-state index is -0.211. The third kappa shape index (κ3) is 4.87. The fraction of sp³-hybridized carbons (Fsp3) is 0.158. The molecule has 0 aliphatic heterocycles. The number of carbonyl (C=O) groups excluding carboxylic acids is 1. The minimum absolute atomic E-state index is 0.0540. The molecule has 0 aliphatic rings. The number of anilines is 1. The number of hydrogen-bond donors (Lipinski definition) is 1. The molecule has 1 amide bonds. The van der Waals surface area contributed by atoms with Gasteiger partial charge in [0.05, 0.1) is 18.0 Å². The van der Waals surface area contributed by atoms with Gasteiger partial charge in [0.2, 0.25) is 5.91 Å². The molecule has 0 spiro atoms. The highest BCUT2D eigenvalue weighted by atomic mass is 35.5. The van der Waals surface area contributed by atoms with Crippen molar-refractivity contribution in [1.29, 1.82) is 0 Å². The zero-order valence-electron chi connectivity index (χ0n) is 13.7. The number of nitrogens with zero attached hydrogens (tertiary/aromatic N) is 2. The van der Waals surface area contributed by atoms with Crippen LogP contribution in [0.2, 0.25) is 5.02 Å². The molecule has 1 atom stereocenters. The van der Waals surface area contributed by atoms with Crippen molar-refractivity contribution < 1.29 is 4.79 Å². The summed E-state index contributed by atoms with van der Waals surface area (Å²) in [7, 11) is 0. The van der Waals surface area contributed by atoms with E-state index in [1.54, 1.807) is 16.9 Å². The monoisotopic (exact) mass is 371 g/mol. The first-order valence-corrected chi connectivity index (χ1v) is 9.16. The van der Waals surface area contributed by atoms with Gasteiger partial charge in [0.25, 0.3) is 0 Å². The summed E-state index contributed by atoms with van der Waals surface area (Å²) in [6.07, 6.45) is 1.68. The number of carbonyl (C=O) groups is 1. The first-order chi connectivity index (χ1) is 12.1. The van der Waals surface area contributed by atoms with Crippen molar-refractivity contribution in [2.75, 3.05) is 5.32 Å². The van der Waals surface area contributed by atoms with E-state index in [-0.39, 0.29) is 11.2 Å². The topological polar surface area (TPSA) is 46.9 Å². The third-order valence-electron chi connectivity index (χ3n) is 3.61. The van der Waals surface area contributed by atoms with E-state index in [0.717, 1.165) is 10.5 Å². The standard InChI is InChI=1S/C19H18ClN3OS/c1-14(25-17-8-3-2-4-9-17)19(24)22-18-10-11-21-23(18)13-15-6-5-7-16(20)12-15/h2-12,14H,13H2,1H3,(H,22,24)/t14-/m0/s1. The van der Waals surface area contributed by atoms with Crippen LogP contribution in [0.5, 0.6) is 0 Å². The Balaban J connectivity index is 1.65. The second-order valence-corrected chi connectivity index (χ2v) is 7.42. The smallest absolute Gasteiger partial charge is 0.238 e. The number of benzene rings is 2. The van der Waals surface area contributed by atoms with Crippen molar-refractivity contribution in [3.63, 3.8) is 0 Å². The molecule has 1 aromatic heterocycles. The molecule has 6 heteroatoms. The van der Waals surface area contributed by atoms with Crippen LogP contribution in [0.4, 0.5) is 5.82 Å². The lowest BCUT2D eigenvalue weighted by molar-refractivity contribution is -0.115. The van der Waals surface area contributed by atoms with Crippen LogP contribution in [0.15, 0.2) is 71.8 Å². The molecule has 0 unspecified atom stereocenters. The molecule has 3 rings (SSSR count). The van der Waals surface area contributed by atoms with E-state index in [1.165, 1.54) is 11.8 Å². The molecule has 0 saturated heterocycles. The van der Waals surface area contributed by atoms with E-state index in [1.807, 2.05) is 61.5 Å². The van der Waals surface area contributed by atoms with Gasteiger partial charge >= 0.3 is 0 Å². The van der Waals surface area contributed by atoms with E-state index >= 15 is 0 Å². The summed E-state index contributed by atoms with van der Waals surface area (Å²) in [5.74, 6) is 0.618. The van der Waals surface area contributed by atoms with Crippen molar-refractivity contribution in [1.82, 2.24) is 9.78 Å². The van der Waals surface area contributed by atoms with Crippen molar-refractivity contribution in [3.8, 4) is 0 Å². The Morgan fingerprint density at radius 2 is 2.00 bits per heavy atom. The largest absolute Gasteiger partial charge is 0.310 e. The van der Waals surface area contributed by atoms with Crippen LogP contribution >= 0.6 is 23.4 Å². The van der Waals surface area contributed by atoms with Crippen molar-refractivity contribution in [3.05, 3.63) is 77.4 Å². The van der Waals surface area contributed by atoms with Crippen LogP contribution in [0.3, 0.4) is 0 Å². The molecule has 1 N–H and O–H groups in total. The zero-order chi connectivity index (χ0) is 17.6. The van der Waals surface area contributed by atoms with E-state index in [0.29, 0.717) is 17.4 Å². The molecule has 25 heavy (non-hydrogen) atoms. The maximum Gasteiger partial charge on any atom is 0.238 e. The first kappa shape index (κ1) is 17.6. The number of rotatable bonds is 6. The highest BCUT2D eigenvalue weighted by molar-refractivity contribution is 8.00. The van der Waals surface area contributed by atoms with E-state index < -0.39 is 0 Å². The number of nitrogens with one attached hydrogen (secondary N) is 1. The Morgan fingerprint density at radius 3 is 2.76 bits per heavy atom. The summed E-state index contributed by atoms with van der Waals surface area (Å²) in [6.45, 7) is 2.44. The average Bonchev–Trinajstić information content (AvgIpc) is 3.02. The van der Waals surface area contributed by atoms with Gasteiger partial charge in [-0.2, -0.15) is 5.10 Å². The molecule has 2 aromatic carbocycles. The van der Waals surface area contributed by atoms with Gasteiger partial charge in [-0.05, 0) is 36.8 Å². The summed E-state index contributed by atoms with van der Waals surface area (Å²) in [5.41, 5.74) is 1.03. The average molecular weight is 372 g/mol. The summed E-state index contributed by atoms with van der Waals surface area (Å²) >= 11 is 7.55. The summed E-state index contributed by atoms with van der Waals surface area (Å²) in [6, 6.07) is 19.3. The molecule has 0 aliphatic carbocycles. The van der Waals surface area contributed by atoms with Gasteiger partial charge in [0.1, 0.15) is 5.82 Å². The van der Waals surface area contributed by atoms with Gasteiger partial charge in [-0.15, -0.1) is 11.8 Å². The van der Waals surface area contributed by atoms with Crippen LogP contribution in [-0.2, 0) is 11.3 Å². The molecule has 0 bridgehead atoms. The zero-order valence-corrected chi connectivity index (χ0v) is 15.3. The number of halogens is 1. The summed E-state index contributed by atoms with van der Waals surface area (Å²) in [4.78, 5) is 13.5. The molecule has 0 radical (unpaired) electrons. The molecule has 3 aromatic rings. The number of aromatic nitrogens is 2. The van der Waals surface area contributed by atoms with Gasteiger partial charge in [0.15, 0.2) is 0 Å². The van der Waals surface area contributed by atoms with Crippen LogP contribution in [0, 0.1) is 0 Å². The fourth-order valence-corrected chi connectivity index (χ4v) is 3.46. The Kier molecular flexibility index (Phi) is 5.79. The SMILES string of the molecule is C[C@H](Sc1ccccc1)C(=O)Nc1ccnn1Cc1cccc(Cl)c1. The Labute approximate surface area is 156 Å². The maximum atomic E-state index is 12.5. The lowest BCUT2D eigenvalue weighted by Gasteiger charge is -2.13. The quantitative estimate of drug-likeness (QED) is 0.638. The summed E-state index contributed by atoms with van der Waals surface area (Å²) < 4.78 is 1.75. The summed E-state index contributed by atoms with van der Waals surface area (Å²) in [5, 5.41) is 7.71. The Bertz CT molecular complexity index is 851. The van der Waals surface area contributed by atoms with Crippen molar-refractivity contribution in [2.24, 2.45) is 0 Å². The number of thioether (sulfide) groups is 1. The van der Waals surface area contributed by atoms with Gasteiger partial charge in [-0.3, -0.25) is 4.79 Å². The molecule has 0 fully saturated rings. The molecule has 4 nitrogen and oxygen atoms in total. The van der Waals surface area contributed by atoms with Gasteiger partial charge in [-0.25, -0.2) is 4.68 Å². The Morgan fingerprint density at radius 1 is 1.20 bits per heavy atom. The molecule has 128 valence electrons. The van der Waals surface area contributed by atoms with Crippen molar-refractivity contribution in [2.45, 2.75) is 23.6 Å². The second-order valence-electron chi connectivity index (χ2n) is 5.57. The van der Waals surface area contributed by atoms with Gasteiger partial charge < -0.3 is 5.32 Å². The normalized spacial score (nSPS) is 11.9. The van der Waals surface area contributed by atoms with E-state index in [2.05, 4.69) is 10.4 Å². The molecular formula is C19H18ClN3OS. The van der Waals surface area contributed by atoms with Crippen molar-refractivity contribution >= 4 is 35.1 Å². The van der Waals surface area contributed by atoms with Crippen LogP contribution in [0.25, 0.3) is 0 Å². The molecular weight excluding hydrogens is 354 g/mol. The highest BCUT2D eigenvalue weighted by Gasteiger charge is 2.16. The first-order valence-electron chi connectivity index (χ1n) is 7.90. The molecule has 0 saturated carbocycles. The van der Waals surface area contributed by atoms with Gasteiger partial charge in [0, 0.05) is 16.0 Å². The van der Waals surface area contributed by atoms with Crippen LogP contribution in [-0.4, -0.2) is 20.9 Å². The number of amides is 1. The second kappa shape index (κ2) is 8.23. The predicted octanol–water partition coefficient (Wildman–Crippen LogP) is 4.70. The third-order valence-corrected chi connectivity index (χ3v) is 4.96. The Hall–Kier alpha value is -2.24. The van der Waals surface area contributed by atoms with Gasteiger partial charge in [-0.1, -0.05) is 41.9 Å². The van der Waals surface area contributed by atoms with E-state index in [9.17, 15) is 4.79 Å². The van der Waals surface area contributed by atoms with E-state index in [4.69, 9.17) is 11.6 Å². The fourth-order valence-electron chi connectivity index (χ4n) is 2.36. The highest BCUT2D eigenvalue weighted by Crippen LogP contribution is 2.24. The van der Waals surface area contributed by atoms with Crippen LogP contribution < -0.4 is 5.32 Å². The predicted molar refractivity (Wildman–Crippen MR) is 103 cm³/mol. The lowest BCUT2D eigenvalue weighted by Crippen LogP contribution is -2.24. The number of hydrogen-bond acceptors (Lipinski definition) is 3. The molecule has 1 heterocycles. The lowest BCUT2D eigenvalue weighted by atomic mass is 10.2. The minimum Gasteiger partial charge on any atom is -0.310 e.